The minimum absolute atomic E-state index is 0.0988. The molecule has 0 amide bonds. The zero-order chi connectivity index (χ0) is 18.4. The van der Waals surface area contributed by atoms with Crippen molar-refractivity contribution in [3.8, 4) is 0 Å². The largest absolute Gasteiger partial charge is 0.476 e. The molecule has 0 bridgehead atoms. The van der Waals surface area contributed by atoms with E-state index in [1.165, 1.54) is 0 Å². The molecule has 1 N–H and O–H groups in total. The number of rotatable bonds is 4. The molecule has 0 fully saturated rings. The zero-order valence-electron chi connectivity index (χ0n) is 15.2. The number of carboxylic acids is 1. The second-order valence-electron chi connectivity index (χ2n) is 2.47. The summed E-state index contributed by atoms with van der Waals surface area (Å²) in [4.78, 5) is 21.0. The number of hydrogen-bond donors (Lipinski definition) is 1. The third-order valence-corrected chi connectivity index (χ3v) is 1.57. The lowest BCUT2D eigenvalue weighted by molar-refractivity contribution is -0.386. The van der Waals surface area contributed by atoms with Crippen LogP contribution in [-0.2, 0) is 13.4 Å². The molecule has 0 aliphatic heterocycles. The summed E-state index contributed by atoms with van der Waals surface area (Å²) in [6.07, 6.45) is -4.12. The van der Waals surface area contributed by atoms with Crippen molar-refractivity contribution in [1.29, 1.82) is 0 Å². The van der Waals surface area contributed by atoms with Gasteiger partial charge >= 0.3 is 11.7 Å². The van der Waals surface area contributed by atoms with E-state index in [-0.39, 0.29) is 4.68 Å². The molecule has 0 unspecified atom stereocenters. The van der Waals surface area contributed by atoms with Crippen LogP contribution in [0.5, 0.6) is 0 Å². The number of carboxylic acid groups (broad SMARTS) is 1. The van der Waals surface area contributed by atoms with Gasteiger partial charge in [-0.25, -0.2) is 4.79 Å². The lowest BCUT2D eigenvalue weighted by Crippen LogP contribution is -2.07. The summed E-state index contributed by atoms with van der Waals surface area (Å²) >= 11 is 0. The lowest BCUT2D eigenvalue weighted by Gasteiger charge is -1.93. The second-order valence-corrected chi connectivity index (χ2v) is 2.47. The van der Waals surface area contributed by atoms with Gasteiger partial charge in [0.1, 0.15) is 5.69 Å². The molecule has 0 aliphatic rings. The fourth-order valence-electron chi connectivity index (χ4n) is 1.04. The van der Waals surface area contributed by atoms with Gasteiger partial charge in [0.25, 0.3) is 0 Å². The van der Waals surface area contributed by atoms with Crippen LogP contribution in [0.2, 0.25) is 0 Å². The first-order valence-corrected chi connectivity index (χ1v) is 3.59. The van der Waals surface area contributed by atoms with Crippen LogP contribution in [0, 0.1) is 10.1 Å². The van der Waals surface area contributed by atoms with Crippen LogP contribution in [0.3, 0.4) is 0 Å². The number of carbonyl (C=O) groups is 1. The molecule has 0 spiro atoms. The van der Waals surface area contributed by atoms with Crippen molar-refractivity contribution in [2.24, 2.45) is 6.98 Å². The Labute approximate surface area is 96.7 Å². The maximum absolute atomic E-state index is 11.1. The summed E-state index contributed by atoms with van der Waals surface area (Å²) in [5.74, 6) is -1.96. The highest BCUT2D eigenvalue weighted by Crippen LogP contribution is 2.23. The Bertz CT molecular complexity index is 647. The van der Waals surface area contributed by atoms with E-state index in [0.29, 0.717) is 0 Å². The third kappa shape index (κ3) is 1.95. The Hall–Kier alpha value is -1.92. The molecular weight excluding hydrogens is 202 g/mol. The Kier molecular flexibility index (Phi) is 1.17. The van der Waals surface area contributed by atoms with Crippen molar-refractivity contribution in [3.63, 3.8) is 0 Å². The topological polar surface area (TPSA) is 98.3 Å². The highest BCUT2D eigenvalue weighted by Gasteiger charge is 2.30. The van der Waals surface area contributed by atoms with Crippen molar-refractivity contribution in [2.75, 3.05) is 0 Å². The average Bonchev–Trinajstić information content (AvgIpc) is 2.65. The van der Waals surface area contributed by atoms with Gasteiger partial charge in [-0.1, -0.05) is 13.2 Å². The second kappa shape index (κ2) is 4.07. The first-order chi connectivity index (χ1) is 10.1. The van der Waals surface area contributed by atoms with Gasteiger partial charge in [0, 0.05) is 17.9 Å². The van der Waals surface area contributed by atoms with Gasteiger partial charge in [0.15, 0.2) is 0 Å². The third-order valence-electron chi connectivity index (χ3n) is 1.57. The van der Waals surface area contributed by atoms with Crippen LogP contribution >= 0.6 is 0 Å². The maximum Gasteiger partial charge on any atom is 0.361 e. The molecule has 7 nitrogen and oxygen atoms in total. The van der Waals surface area contributed by atoms with Crippen molar-refractivity contribution in [2.45, 2.75) is 19.6 Å². The SMILES string of the molecule is [2H]C([2H])([2H])n1nc(CC([2H])([2H])C([2H])([2H])[2H])c([N+](=O)[O-])c1C(=O)O. The van der Waals surface area contributed by atoms with Crippen molar-refractivity contribution >= 4 is 11.7 Å². The monoisotopic (exact) mass is 221 g/mol. The summed E-state index contributed by atoms with van der Waals surface area (Å²) < 4.78 is 57.4. The van der Waals surface area contributed by atoms with Crippen LogP contribution in [0.4, 0.5) is 5.69 Å². The van der Waals surface area contributed by atoms with E-state index < -0.39 is 54.6 Å². The summed E-state index contributed by atoms with van der Waals surface area (Å²) in [6.45, 7) is -6.35. The number of hydrogen-bond acceptors (Lipinski definition) is 4. The van der Waals surface area contributed by atoms with Gasteiger partial charge in [0.2, 0.25) is 5.69 Å². The first-order valence-electron chi connectivity index (χ1n) is 7.59. The molecular formula is C8H11N3O4. The van der Waals surface area contributed by atoms with E-state index in [1.807, 2.05) is 0 Å². The van der Waals surface area contributed by atoms with Gasteiger partial charge in [-0.2, -0.15) is 5.10 Å². The summed E-state index contributed by atoms with van der Waals surface area (Å²) in [7, 11) is 0. The fraction of sp³-hybridized carbons (Fsp3) is 0.500. The molecule has 82 valence electrons. The molecule has 15 heavy (non-hydrogen) atoms. The first kappa shape index (κ1) is 4.30. The van der Waals surface area contributed by atoms with Crippen molar-refractivity contribution in [1.82, 2.24) is 9.78 Å². The smallest absolute Gasteiger partial charge is 0.361 e. The highest BCUT2D eigenvalue weighted by molar-refractivity contribution is 5.90. The molecule has 0 saturated heterocycles. The number of aromatic nitrogens is 2. The molecule has 7 heteroatoms. The normalized spacial score (nSPS) is 20.8. The molecule has 0 saturated carbocycles. The molecule has 1 aromatic rings. The van der Waals surface area contributed by atoms with Crippen molar-refractivity contribution < 1.29 is 25.8 Å². The van der Waals surface area contributed by atoms with Crippen molar-refractivity contribution in [3.05, 3.63) is 21.5 Å². The Morgan fingerprint density at radius 2 is 2.60 bits per heavy atom. The molecule has 1 rings (SSSR count). The van der Waals surface area contributed by atoms with Crippen LogP contribution < -0.4 is 0 Å². The molecule has 1 heterocycles. The number of nitrogens with zero attached hydrogens (tertiary/aromatic N) is 3. The van der Waals surface area contributed by atoms with E-state index in [4.69, 9.17) is 16.1 Å². The fourth-order valence-corrected chi connectivity index (χ4v) is 1.04. The van der Waals surface area contributed by atoms with Gasteiger partial charge < -0.3 is 5.11 Å². The predicted molar refractivity (Wildman–Crippen MR) is 50.8 cm³/mol. The Morgan fingerprint density at radius 3 is 3.07 bits per heavy atom. The zero-order valence-corrected chi connectivity index (χ0v) is 7.22. The molecule has 0 atom stereocenters. The van der Waals surface area contributed by atoms with E-state index in [1.54, 1.807) is 0 Å². The quantitative estimate of drug-likeness (QED) is 0.603. The van der Waals surface area contributed by atoms with Crippen LogP contribution in [-0.4, -0.2) is 25.8 Å². The van der Waals surface area contributed by atoms with E-state index >= 15 is 0 Å². The van der Waals surface area contributed by atoms with Gasteiger partial charge in [-0.05, 0) is 6.42 Å². The Morgan fingerprint density at radius 1 is 1.87 bits per heavy atom. The Balaban J connectivity index is 3.62. The standard InChI is InChI=1S/C8H11N3O4/c1-3-4-5-6(11(14)15)7(8(12)13)10(2)9-5/h3-4H2,1-2H3,(H,12,13)/i1D3,2D3,3D2. The lowest BCUT2D eigenvalue weighted by atomic mass is 10.2. The van der Waals surface area contributed by atoms with Gasteiger partial charge in [0.05, 0.1) is 4.92 Å². The molecule has 0 aliphatic carbocycles. The average molecular weight is 221 g/mol. The molecule has 1 aromatic heterocycles. The minimum Gasteiger partial charge on any atom is -0.476 e. The van der Waals surface area contributed by atoms with Gasteiger partial charge in [-0.15, -0.1) is 0 Å². The summed E-state index contributed by atoms with van der Waals surface area (Å²) in [6, 6.07) is 0. The van der Waals surface area contributed by atoms with Crippen LogP contribution in [0.15, 0.2) is 0 Å². The van der Waals surface area contributed by atoms with E-state index in [0.717, 1.165) is 0 Å². The number of nitro groups is 1. The summed E-state index contributed by atoms with van der Waals surface area (Å²) in [5, 5.41) is 23.3. The summed E-state index contributed by atoms with van der Waals surface area (Å²) in [5.41, 5.74) is -3.39. The minimum atomic E-state index is -3.18. The van der Waals surface area contributed by atoms with E-state index in [2.05, 4.69) is 5.10 Å². The van der Waals surface area contributed by atoms with Gasteiger partial charge in [-0.3, -0.25) is 14.8 Å². The predicted octanol–water partition coefficient (Wildman–Crippen LogP) is 0.979. The van der Waals surface area contributed by atoms with E-state index in [9.17, 15) is 14.9 Å². The number of aromatic carboxylic acids is 1. The van der Waals surface area contributed by atoms with Crippen LogP contribution in [0.25, 0.3) is 0 Å². The number of aryl methyl sites for hydroxylation is 2. The molecule has 0 radical (unpaired) electrons. The highest BCUT2D eigenvalue weighted by atomic mass is 16.6. The molecule has 0 aromatic carbocycles. The van der Waals surface area contributed by atoms with Crippen LogP contribution in [0.1, 0.15) is 40.4 Å². The maximum atomic E-state index is 11.1.